The van der Waals surface area contributed by atoms with Crippen LogP contribution in [-0.2, 0) is 12.4 Å². The van der Waals surface area contributed by atoms with Gasteiger partial charge >= 0.3 is 0 Å². The molecule has 5 heteroatoms. The molecule has 0 unspecified atom stereocenters. The molecule has 0 N–H and O–H groups in total. The summed E-state index contributed by atoms with van der Waals surface area (Å²) in [5.74, 6) is 1.56. The van der Waals surface area contributed by atoms with Crippen molar-refractivity contribution < 1.29 is 4.74 Å². The molecule has 4 nitrogen and oxygen atoms in total. The lowest BCUT2D eigenvalue weighted by Gasteiger charge is -2.08. The normalized spacial score (nSPS) is 10.9. The van der Waals surface area contributed by atoms with Crippen LogP contribution in [0.3, 0.4) is 0 Å². The van der Waals surface area contributed by atoms with Gasteiger partial charge in [-0.05, 0) is 19.1 Å². The zero-order valence-electron chi connectivity index (χ0n) is 11.1. The Morgan fingerprint density at radius 3 is 2.90 bits per heavy atom. The molecule has 0 aliphatic rings. The summed E-state index contributed by atoms with van der Waals surface area (Å²) < 4.78 is 7.61. The Morgan fingerprint density at radius 2 is 2.15 bits per heavy atom. The number of rotatable bonds is 4. The fourth-order valence-electron chi connectivity index (χ4n) is 2.01. The van der Waals surface area contributed by atoms with Gasteiger partial charge in [0.2, 0.25) is 5.88 Å². The van der Waals surface area contributed by atoms with Crippen LogP contribution in [0, 0.1) is 0 Å². The van der Waals surface area contributed by atoms with E-state index in [2.05, 4.69) is 10.1 Å². The number of fused-ring (bicyclic) bond motifs is 1. The highest BCUT2D eigenvalue weighted by Crippen LogP contribution is 2.27. The van der Waals surface area contributed by atoms with E-state index in [0.29, 0.717) is 17.5 Å². The summed E-state index contributed by atoms with van der Waals surface area (Å²) in [5, 5.41) is 5.23. The largest absolute Gasteiger partial charge is 0.435 e. The lowest BCUT2D eigenvalue weighted by molar-refractivity contribution is 0.459. The number of benzene rings is 1. The van der Waals surface area contributed by atoms with Crippen LogP contribution >= 0.6 is 11.6 Å². The first-order chi connectivity index (χ1) is 9.80. The van der Waals surface area contributed by atoms with Gasteiger partial charge in [0, 0.05) is 17.5 Å². The van der Waals surface area contributed by atoms with Gasteiger partial charge in [-0.3, -0.25) is 4.68 Å². The van der Waals surface area contributed by atoms with Crippen molar-refractivity contribution in [3.05, 3.63) is 48.3 Å². The van der Waals surface area contributed by atoms with Crippen LogP contribution in [0.15, 0.2) is 42.7 Å². The number of aromatic nitrogens is 3. The maximum atomic E-state index is 5.99. The Kier molecular flexibility index (Phi) is 3.56. The maximum Gasteiger partial charge on any atom is 0.224 e. The summed E-state index contributed by atoms with van der Waals surface area (Å²) in [6.45, 7) is 2.83. The molecule has 102 valence electrons. The van der Waals surface area contributed by atoms with Gasteiger partial charge in [0.1, 0.15) is 0 Å². The SMILES string of the molecule is CCn1cc(Oc2nc3ccccc3cc2CCl)cn1. The molecule has 0 aliphatic heterocycles. The quantitative estimate of drug-likeness (QED) is 0.681. The molecule has 2 heterocycles. The molecule has 0 saturated heterocycles. The Bertz CT molecular complexity index is 739. The van der Waals surface area contributed by atoms with E-state index in [-0.39, 0.29) is 0 Å². The molecule has 0 bridgehead atoms. The van der Waals surface area contributed by atoms with Crippen molar-refractivity contribution in [1.82, 2.24) is 14.8 Å². The molecule has 0 fully saturated rings. The maximum absolute atomic E-state index is 5.99. The van der Waals surface area contributed by atoms with Crippen molar-refractivity contribution in [3.63, 3.8) is 0 Å². The van der Waals surface area contributed by atoms with Crippen molar-refractivity contribution in [2.24, 2.45) is 0 Å². The summed E-state index contributed by atoms with van der Waals surface area (Å²) >= 11 is 5.99. The van der Waals surface area contributed by atoms with Crippen LogP contribution in [-0.4, -0.2) is 14.8 Å². The first-order valence-electron chi connectivity index (χ1n) is 6.45. The van der Waals surface area contributed by atoms with E-state index in [1.165, 1.54) is 0 Å². The average Bonchev–Trinajstić information content (AvgIpc) is 2.94. The molecular formula is C15H14ClN3O. The topological polar surface area (TPSA) is 39.9 Å². The number of ether oxygens (including phenoxy) is 1. The Labute approximate surface area is 122 Å². The minimum atomic E-state index is 0.356. The van der Waals surface area contributed by atoms with E-state index in [1.807, 2.05) is 43.5 Å². The summed E-state index contributed by atoms with van der Waals surface area (Å²) in [4.78, 5) is 4.53. The summed E-state index contributed by atoms with van der Waals surface area (Å²) in [6, 6.07) is 9.91. The van der Waals surface area contributed by atoms with Gasteiger partial charge < -0.3 is 4.74 Å². The van der Waals surface area contributed by atoms with E-state index >= 15 is 0 Å². The lowest BCUT2D eigenvalue weighted by Crippen LogP contribution is -1.94. The van der Waals surface area contributed by atoms with Gasteiger partial charge in [0.15, 0.2) is 5.75 Å². The number of halogens is 1. The third-order valence-electron chi connectivity index (χ3n) is 3.06. The highest BCUT2D eigenvalue weighted by atomic mass is 35.5. The van der Waals surface area contributed by atoms with E-state index in [9.17, 15) is 0 Å². The van der Waals surface area contributed by atoms with Gasteiger partial charge in [-0.2, -0.15) is 5.10 Å². The molecule has 3 aromatic rings. The van der Waals surface area contributed by atoms with Gasteiger partial charge in [-0.15, -0.1) is 11.6 Å². The van der Waals surface area contributed by atoms with Crippen molar-refractivity contribution in [3.8, 4) is 11.6 Å². The van der Waals surface area contributed by atoms with Crippen molar-refractivity contribution in [2.45, 2.75) is 19.3 Å². The monoisotopic (exact) mass is 287 g/mol. The lowest BCUT2D eigenvalue weighted by atomic mass is 10.2. The second-order valence-corrected chi connectivity index (χ2v) is 4.68. The van der Waals surface area contributed by atoms with Crippen molar-refractivity contribution in [1.29, 1.82) is 0 Å². The Morgan fingerprint density at radius 1 is 1.30 bits per heavy atom. The van der Waals surface area contributed by atoms with Crippen LogP contribution < -0.4 is 4.74 Å². The minimum Gasteiger partial charge on any atom is -0.435 e. The van der Waals surface area contributed by atoms with Crippen LogP contribution in [0.2, 0.25) is 0 Å². The summed E-state index contributed by atoms with van der Waals surface area (Å²) in [5.41, 5.74) is 1.76. The van der Waals surface area contributed by atoms with Crippen molar-refractivity contribution in [2.75, 3.05) is 0 Å². The molecule has 20 heavy (non-hydrogen) atoms. The molecular weight excluding hydrogens is 274 g/mol. The smallest absolute Gasteiger partial charge is 0.224 e. The number of hydrogen-bond acceptors (Lipinski definition) is 3. The first-order valence-corrected chi connectivity index (χ1v) is 6.98. The van der Waals surface area contributed by atoms with Crippen LogP contribution in [0.4, 0.5) is 0 Å². The molecule has 0 atom stereocenters. The Hall–Kier alpha value is -2.07. The van der Waals surface area contributed by atoms with Gasteiger partial charge in [-0.25, -0.2) is 4.98 Å². The zero-order chi connectivity index (χ0) is 13.9. The molecule has 0 saturated carbocycles. The number of hydrogen-bond donors (Lipinski definition) is 0. The fraction of sp³-hybridized carbons (Fsp3) is 0.200. The predicted octanol–water partition coefficient (Wildman–Crippen LogP) is 3.98. The van der Waals surface area contributed by atoms with Crippen molar-refractivity contribution >= 4 is 22.5 Å². The van der Waals surface area contributed by atoms with E-state index in [4.69, 9.17) is 16.3 Å². The second-order valence-electron chi connectivity index (χ2n) is 4.41. The van der Waals surface area contributed by atoms with E-state index in [0.717, 1.165) is 23.0 Å². The number of aryl methyl sites for hydroxylation is 1. The molecule has 0 aliphatic carbocycles. The average molecular weight is 288 g/mol. The third kappa shape index (κ3) is 2.47. The van der Waals surface area contributed by atoms with E-state index < -0.39 is 0 Å². The van der Waals surface area contributed by atoms with Gasteiger partial charge in [-0.1, -0.05) is 18.2 Å². The molecule has 0 spiro atoms. The number of alkyl halides is 1. The molecule has 3 rings (SSSR count). The highest BCUT2D eigenvalue weighted by molar-refractivity contribution is 6.17. The number of para-hydroxylation sites is 1. The highest BCUT2D eigenvalue weighted by Gasteiger charge is 2.09. The summed E-state index contributed by atoms with van der Waals surface area (Å²) in [6.07, 6.45) is 3.52. The molecule has 0 radical (unpaired) electrons. The Balaban J connectivity index is 2.00. The standard InChI is InChI=1S/C15H14ClN3O/c1-2-19-10-13(9-17-19)20-15-12(8-16)7-11-5-3-4-6-14(11)18-15/h3-7,9-10H,2,8H2,1H3. The molecule has 2 aromatic heterocycles. The predicted molar refractivity (Wildman–Crippen MR) is 79.3 cm³/mol. The molecule has 1 aromatic carbocycles. The number of pyridine rings is 1. The second kappa shape index (κ2) is 5.51. The van der Waals surface area contributed by atoms with Crippen LogP contribution in [0.1, 0.15) is 12.5 Å². The zero-order valence-corrected chi connectivity index (χ0v) is 11.8. The minimum absolute atomic E-state index is 0.356. The van der Waals surface area contributed by atoms with Gasteiger partial charge in [0.25, 0.3) is 0 Å². The van der Waals surface area contributed by atoms with E-state index in [1.54, 1.807) is 10.9 Å². The third-order valence-corrected chi connectivity index (χ3v) is 3.34. The summed E-state index contributed by atoms with van der Waals surface area (Å²) in [7, 11) is 0. The molecule has 0 amide bonds. The van der Waals surface area contributed by atoms with Gasteiger partial charge in [0.05, 0.1) is 23.8 Å². The first kappa shape index (κ1) is 12.9. The van der Waals surface area contributed by atoms with Crippen LogP contribution in [0.5, 0.6) is 11.6 Å². The number of nitrogens with zero attached hydrogens (tertiary/aromatic N) is 3. The fourth-order valence-corrected chi connectivity index (χ4v) is 2.20. The van der Waals surface area contributed by atoms with Crippen LogP contribution in [0.25, 0.3) is 10.9 Å².